The lowest BCUT2D eigenvalue weighted by Gasteiger charge is -2.12. The normalized spacial score (nSPS) is 12.0. The lowest BCUT2D eigenvalue weighted by atomic mass is 10.2. The molecule has 0 saturated heterocycles. The largest absolute Gasteiger partial charge is 0.399 e. The zero-order valence-electron chi connectivity index (χ0n) is 10.4. The van der Waals surface area contributed by atoms with Gasteiger partial charge in [0.2, 0.25) is 3.79 Å². The van der Waals surface area contributed by atoms with Crippen molar-refractivity contribution in [1.29, 1.82) is 0 Å². The maximum Gasteiger partial charge on any atom is 0.217 e. The number of halogens is 4. The molecule has 1 aromatic carbocycles. The monoisotopic (exact) mass is 360 g/mol. The molecule has 2 aromatic heterocycles. The van der Waals surface area contributed by atoms with Gasteiger partial charge < -0.3 is 5.73 Å². The highest BCUT2D eigenvalue weighted by molar-refractivity contribution is 6.66. The van der Waals surface area contributed by atoms with Gasteiger partial charge in [0.25, 0.3) is 0 Å². The molecule has 2 heterocycles. The molecule has 4 nitrogen and oxygen atoms in total. The summed E-state index contributed by atoms with van der Waals surface area (Å²) in [6.07, 6.45) is 3.16. The summed E-state index contributed by atoms with van der Waals surface area (Å²) in [5.74, 6) is 0.440. The molecule has 2 N–H and O–H groups in total. The first kappa shape index (κ1) is 14.7. The van der Waals surface area contributed by atoms with E-state index in [2.05, 4.69) is 10.1 Å². The van der Waals surface area contributed by atoms with E-state index in [0.29, 0.717) is 22.1 Å². The Bertz CT molecular complexity index is 823. The highest BCUT2D eigenvalue weighted by atomic mass is 35.6. The summed E-state index contributed by atoms with van der Waals surface area (Å²) in [6.45, 7) is 0. The number of pyridine rings is 1. The Morgan fingerprint density at radius 2 is 1.86 bits per heavy atom. The molecule has 108 valence electrons. The van der Waals surface area contributed by atoms with Gasteiger partial charge in [0.05, 0.1) is 16.7 Å². The Balaban J connectivity index is 2.17. The van der Waals surface area contributed by atoms with Crippen LogP contribution in [-0.4, -0.2) is 14.8 Å². The van der Waals surface area contributed by atoms with Crippen molar-refractivity contribution < 1.29 is 0 Å². The highest BCUT2D eigenvalue weighted by Gasteiger charge is 2.24. The molecule has 21 heavy (non-hydrogen) atoms. The molecule has 3 rings (SSSR count). The molecular formula is C13H8Cl4N4. The number of benzene rings is 1. The number of anilines is 1. The molecular weight excluding hydrogens is 354 g/mol. The third-order valence-electron chi connectivity index (χ3n) is 2.94. The number of rotatable bonds is 1. The minimum Gasteiger partial charge on any atom is -0.399 e. The molecule has 0 spiro atoms. The Kier molecular flexibility index (Phi) is 3.66. The van der Waals surface area contributed by atoms with Crippen molar-refractivity contribution in [3.05, 3.63) is 47.2 Å². The average molecular weight is 362 g/mol. The first-order valence-corrected chi connectivity index (χ1v) is 7.34. The van der Waals surface area contributed by atoms with Gasteiger partial charge in [-0.15, -0.1) is 0 Å². The number of alkyl halides is 3. The summed E-state index contributed by atoms with van der Waals surface area (Å²) in [4.78, 5) is 4.24. The van der Waals surface area contributed by atoms with Crippen LogP contribution in [0.5, 0.6) is 0 Å². The summed E-state index contributed by atoms with van der Waals surface area (Å²) < 4.78 is 0.0158. The number of nitrogen functional groups attached to an aromatic ring is 1. The fourth-order valence-corrected chi connectivity index (χ4v) is 2.50. The second-order valence-corrected chi connectivity index (χ2v) is 7.09. The maximum atomic E-state index is 6.24. The van der Waals surface area contributed by atoms with E-state index >= 15 is 0 Å². The maximum absolute atomic E-state index is 6.24. The minimum absolute atomic E-state index is 0.325. The van der Waals surface area contributed by atoms with Crippen LogP contribution in [0.1, 0.15) is 5.56 Å². The molecule has 0 saturated carbocycles. The first-order valence-electron chi connectivity index (χ1n) is 5.82. The first-order chi connectivity index (χ1) is 9.86. The molecule has 0 aliphatic carbocycles. The van der Waals surface area contributed by atoms with Crippen LogP contribution in [-0.2, 0) is 3.79 Å². The van der Waals surface area contributed by atoms with Gasteiger partial charge >= 0.3 is 0 Å². The van der Waals surface area contributed by atoms with E-state index < -0.39 is 3.79 Å². The molecule has 0 unspecified atom stereocenters. The van der Waals surface area contributed by atoms with Gasteiger partial charge in [-0.25, -0.2) is 9.67 Å². The molecule has 0 atom stereocenters. The molecule has 0 aliphatic heterocycles. The standard InChI is InChI=1S/C13H8Cl4N4/c14-10-3-8(13(15,16)17)6-19-12(10)21-11-4-9(18)2-1-7(11)5-20-21/h1-6H,18H2. The van der Waals surface area contributed by atoms with Crippen LogP contribution in [0.3, 0.4) is 0 Å². The Morgan fingerprint density at radius 1 is 1.10 bits per heavy atom. The van der Waals surface area contributed by atoms with E-state index in [4.69, 9.17) is 52.1 Å². The minimum atomic E-state index is -1.58. The zero-order valence-corrected chi connectivity index (χ0v) is 13.4. The second kappa shape index (κ2) is 5.21. The van der Waals surface area contributed by atoms with Gasteiger partial charge in [0.15, 0.2) is 5.82 Å². The molecule has 0 fully saturated rings. The molecule has 8 heteroatoms. The van der Waals surface area contributed by atoms with Crippen LogP contribution in [0.15, 0.2) is 36.7 Å². The van der Waals surface area contributed by atoms with Crippen LogP contribution >= 0.6 is 46.4 Å². The van der Waals surface area contributed by atoms with Crippen molar-refractivity contribution in [3.8, 4) is 5.82 Å². The third-order valence-corrected chi connectivity index (χ3v) is 3.88. The van der Waals surface area contributed by atoms with Crippen molar-refractivity contribution in [1.82, 2.24) is 14.8 Å². The molecule has 0 amide bonds. The summed E-state index contributed by atoms with van der Waals surface area (Å²) in [5.41, 5.74) is 7.61. The number of hydrogen-bond donors (Lipinski definition) is 1. The Labute approximate surface area is 140 Å². The van der Waals surface area contributed by atoms with Crippen molar-refractivity contribution in [3.63, 3.8) is 0 Å². The molecule has 0 aliphatic rings. The second-order valence-electron chi connectivity index (χ2n) is 4.40. The SMILES string of the molecule is Nc1ccc2cnn(-c3ncc(C(Cl)(Cl)Cl)cc3Cl)c2c1. The van der Waals surface area contributed by atoms with Crippen LogP contribution in [0.2, 0.25) is 5.02 Å². The third kappa shape index (κ3) is 2.77. The van der Waals surface area contributed by atoms with Crippen LogP contribution < -0.4 is 5.73 Å². The predicted octanol–water partition coefficient (Wildman–Crippen LogP) is 4.48. The van der Waals surface area contributed by atoms with E-state index in [1.54, 1.807) is 29.1 Å². The lowest BCUT2D eigenvalue weighted by Crippen LogP contribution is -2.05. The quantitative estimate of drug-likeness (QED) is 0.513. The van der Waals surface area contributed by atoms with Gasteiger partial charge in [-0.1, -0.05) is 46.4 Å². The van der Waals surface area contributed by atoms with E-state index in [1.807, 2.05) is 6.07 Å². The molecule has 3 aromatic rings. The van der Waals surface area contributed by atoms with Gasteiger partial charge in [-0.3, -0.25) is 0 Å². The van der Waals surface area contributed by atoms with E-state index in [-0.39, 0.29) is 0 Å². The number of nitrogens with two attached hydrogens (primary N) is 1. The molecule has 0 bridgehead atoms. The number of aromatic nitrogens is 3. The van der Waals surface area contributed by atoms with Crippen molar-refractivity contribution in [2.45, 2.75) is 3.79 Å². The van der Waals surface area contributed by atoms with Crippen molar-refractivity contribution in [2.24, 2.45) is 0 Å². The van der Waals surface area contributed by atoms with Crippen molar-refractivity contribution >= 4 is 63.0 Å². The smallest absolute Gasteiger partial charge is 0.217 e. The van der Waals surface area contributed by atoms with Crippen molar-refractivity contribution in [2.75, 3.05) is 5.73 Å². The predicted molar refractivity (Wildman–Crippen MR) is 87.5 cm³/mol. The molecule has 0 radical (unpaired) electrons. The zero-order chi connectivity index (χ0) is 15.2. The number of fused-ring (bicyclic) bond motifs is 1. The fraction of sp³-hybridized carbons (Fsp3) is 0.0769. The number of nitrogens with zero attached hydrogens (tertiary/aromatic N) is 3. The summed E-state index contributed by atoms with van der Waals surface area (Å²) in [6, 6.07) is 7.02. The van der Waals surface area contributed by atoms with Crippen LogP contribution in [0, 0.1) is 0 Å². The van der Waals surface area contributed by atoms with Gasteiger partial charge in [-0.05, 0) is 24.3 Å². The summed E-state index contributed by atoms with van der Waals surface area (Å²) in [5, 5.41) is 5.52. The van der Waals surface area contributed by atoms with Gasteiger partial charge in [0.1, 0.15) is 0 Å². The van der Waals surface area contributed by atoms with E-state index in [9.17, 15) is 0 Å². The average Bonchev–Trinajstić information content (AvgIpc) is 2.80. The Morgan fingerprint density at radius 3 is 2.52 bits per heavy atom. The van der Waals surface area contributed by atoms with E-state index in [0.717, 1.165) is 10.9 Å². The van der Waals surface area contributed by atoms with Gasteiger partial charge in [0, 0.05) is 22.8 Å². The van der Waals surface area contributed by atoms with E-state index in [1.165, 1.54) is 6.20 Å². The fourth-order valence-electron chi connectivity index (χ4n) is 1.95. The highest BCUT2D eigenvalue weighted by Crippen LogP contribution is 2.39. The van der Waals surface area contributed by atoms with Gasteiger partial charge in [-0.2, -0.15) is 5.10 Å². The lowest BCUT2D eigenvalue weighted by molar-refractivity contribution is 0.871. The Hall–Kier alpha value is -1.20. The van der Waals surface area contributed by atoms with Crippen LogP contribution in [0.25, 0.3) is 16.7 Å². The van der Waals surface area contributed by atoms with Crippen LogP contribution in [0.4, 0.5) is 5.69 Å². The number of hydrogen-bond acceptors (Lipinski definition) is 3. The topological polar surface area (TPSA) is 56.7 Å². The summed E-state index contributed by atoms with van der Waals surface area (Å²) >= 11 is 23.7. The summed E-state index contributed by atoms with van der Waals surface area (Å²) in [7, 11) is 0.